The van der Waals surface area contributed by atoms with Gasteiger partial charge in [0.25, 0.3) is 0 Å². The summed E-state index contributed by atoms with van der Waals surface area (Å²) >= 11 is 0. The quantitative estimate of drug-likeness (QED) is 0.538. The van der Waals surface area contributed by atoms with Crippen LogP contribution in [0, 0.1) is 23.7 Å². The lowest BCUT2D eigenvalue weighted by Gasteiger charge is -2.26. The fraction of sp³-hybridized carbons (Fsp3) is 0.652. The molecule has 0 aromatic heterocycles. The van der Waals surface area contributed by atoms with Crippen molar-refractivity contribution in [2.75, 3.05) is 0 Å². The summed E-state index contributed by atoms with van der Waals surface area (Å²) in [7, 11) is 0. The topological polar surface area (TPSA) is 0 Å². The van der Waals surface area contributed by atoms with E-state index in [1.165, 1.54) is 57.8 Å². The SMILES string of the molecule is CC1CCCC2=C1C=CC2CCCC1C=CC2=C1CCCC2C. The molecule has 0 saturated heterocycles. The summed E-state index contributed by atoms with van der Waals surface area (Å²) in [4.78, 5) is 0. The third kappa shape index (κ3) is 2.90. The van der Waals surface area contributed by atoms with Gasteiger partial charge in [-0.2, -0.15) is 0 Å². The van der Waals surface area contributed by atoms with Gasteiger partial charge in [-0.15, -0.1) is 0 Å². The van der Waals surface area contributed by atoms with Crippen molar-refractivity contribution in [2.24, 2.45) is 23.7 Å². The monoisotopic (exact) mass is 308 g/mol. The molecular weight excluding hydrogens is 276 g/mol. The summed E-state index contributed by atoms with van der Waals surface area (Å²) in [5.41, 5.74) is 7.01. The lowest BCUT2D eigenvalue weighted by molar-refractivity contribution is 0.483. The van der Waals surface area contributed by atoms with Crippen molar-refractivity contribution in [3.05, 3.63) is 46.6 Å². The van der Waals surface area contributed by atoms with Gasteiger partial charge in [0.1, 0.15) is 0 Å². The van der Waals surface area contributed by atoms with Crippen LogP contribution in [0.25, 0.3) is 0 Å². The highest BCUT2D eigenvalue weighted by Crippen LogP contribution is 2.43. The molecule has 0 spiro atoms. The van der Waals surface area contributed by atoms with Gasteiger partial charge in [0, 0.05) is 0 Å². The Morgan fingerprint density at radius 1 is 0.783 bits per heavy atom. The number of allylic oxidation sites excluding steroid dienone is 8. The van der Waals surface area contributed by atoms with Crippen LogP contribution < -0.4 is 0 Å². The summed E-state index contributed by atoms with van der Waals surface area (Å²) < 4.78 is 0. The third-order valence-electron chi connectivity index (χ3n) is 6.91. The molecule has 0 fully saturated rings. The third-order valence-corrected chi connectivity index (χ3v) is 6.91. The number of hydrogen-bond donors (Lipinski definition) is 0. The molecule has 23 heavy (non-hydrogen) atoms. The molecule has 0 amide bonds. The van der Waals surface area contributed by atoms with Crippen molar-refractivity contribution in [2.45, 2.75) is 71.6 Å². The van der Waals surface area contributed by atoms with Crippen LogP contribution >= 0.6 is 0 Å². The van der Waals surface area contributed by atoms with E-state index in [0.29, 0.717) is 0 Å². The first-order valence-corrected chi connectivity index (χ1v) is 10.1. The van der Waals surface area contributed by atoms with Gasteiger partial charge in [-0.3, -0.25) is 0 Å². The second-order valence-electron chi connectivity index (χ2n) is 8.41. The summed E-state index contributed by atoms with van der Waals surface area (Å²) in [5, 5.41) is 0. The van der Waals surface area contributed by atoms with Gasteiger partial charge in [-0.1, -0.05) is 55.7 Å². The molecule has 0 radical (unpaired) electrons. The maximum absolute atomic E-state index is 2.52. The van der Waals surface area contributed by atoms with Gasteiger partial charge in [0.2, 0.25) is 0 Å². The largest absolute Gasteiger partial charge is 0.0770 e. The van der Waals surface area contributed by atoms with Gasteiger partial charge in [-0.05, 0) is 86.2 Å². The van der Waals surface area contributed by atoms with E-state index in [2.05, 4.69) is 38.2 Å². The van der Waals surface area contributed by atoms with E-state index in [4.69, 9.17) is 0 Å². The Morgan fingerprint density at radius 2 is 1.26 bits per heavy atom. The van der Waals surface area contributed by atoms with Crippen molar-refractivity contribution in [3.8, 4) is 0 Å². The van der Waals surface area contributed by atoms with Crippen LogP contribution in [0.15, 0.2) is 46.6 Å². The maximum atomic E-state index is 2.52. The average Bonchev–Trinajstić information content (AvgIpc) is 3.14. The molecule has 0 saturated carbocycles. The van der Waals surface area contributed by atoms with E-state index < -0.39 is 0 Å². The molecule has 0 N–H and O–H groups in total. The molecule has 4 aliphatic rings. The highest BCUT2D eigenvalue weighted by Gasteiger charge is 2.28. The zero-order valence-electron chi connectivity index (χ0n) is 15.0. The van der Waals surface area contributed by atoms with Gasteiger partial charge < -0.3 is 0 Å². The molecule has 4 rings (SSSR count). The zero-order chi connectivity index (χ0) is 15.8. The molecule has 124 valence electrons. The van der Waals surface area contributed by atoms with E-state index >= 15 is 0 Å². The first kappa shape index (κ1) is 15.5. The van der Waals surface area contributed by atoms with Crippen LogP contribution in [-0.4, -0.2) is 0 Å². The molecule has 4 atom stereocenters. The van der Waals surface area contributed by atoms with E-state index in [0.717, 1.165) is 23.7 Å². The van der Waals surface area contributed by atoms with Crippen LogP contribution in [0.5, 0.6) is 0 Å². The van der Waals surface area contributed by atoms with Gasteiger partial charge in [0.05, 0.1) is 0 Å². The summed E-state index contributed by atoms with van der Waals surface area (Å²) in [6, 6.07) is 0. The molecule has 4 unspecified atom stereocenters. The summed E-state index contributed by atoms with van der Waals surface area (Å²) in [6.07, 6.45) is 22.5. The second kappa shape index (κ2) is 6.46. The van der Waals surface area contributed by atoms with Crippen LogP contribution in [0.3, 0.4) is 0 Å². The molecule has 0 heterocycles. The van der Waals surface area contributed by atoms with Gasteiger partial charge in [-0.25, -0.2) is 0 Å². The van der Waals surface area contributed by atoms with Crippen LogP contribution in [0.1, 0.15) is 71.6 Å². The fourth-order valence-corrected chi connectivity index (χ4v) is 5.54. The Hall–Kier alpha value is -1.04. The Balaban J connectivity index is 1.33. The predicted octanol–water partition coefficient (Wildman–Crippen LogP) is 6.76. The Kier molecular flexibility index (Phi) is 4.35. The van der Waals surface area contributed by atoms with Crippen molar-refractivity contribution in [1.29, 1.82) is 0 Å². The van der Waals surface area contributed by atoms with Crippen molar-refractivity contribution in [1.82, 2.24) is 0 Å². The Labute approximate surface area is 142 Å². The van der Waals surface area contributed by atoms with E-state index in [1.54, 1.807) is 22.3 Å². The minimum absolute atomic E-state index is 0.775. The average molecular weight is 309 g/mol. The van der Waals surface area contributed by atoms with Crippen molar-refractivity contribution < 1.29 is 0 Å². The van der Waals surface area contributed by atoms with Crippen LogP contribution in [0.2, 0.25) is 0 Å². The van der Waals surface area contributed by atoms with E-state index in [9.17, 15) is 0 Å². The molecule has 0 aromatic carbocycles. The van der Waals surface area contributed by atoms with Crippen molar-refractivity contribution >= 4 is 0 Å². The molecular formula is C23H32. The van der Waals surface area contributed by atoms with E-state index in [-0.39, 0.29) is 0 Å². The smallest absolute Gasteiger partial charge is 0.00141 e. The fourth-order valence-electron chi connectivity index (χ4n) is 5.54. The molecule has 0 heteroatoms. The second-order valence-corrected chi connectivity index (χ2v) is 8.41. The molecule has 0 aromatic rings. The highest BCUT2D eigenvalue weighted by molar-refractivity contribution is 5.41. The van der Waals surface area contributed by atoms with Crippen LogP contribution in [0.4, 0.5) is 0 Å². The number of hydrogen-bond acceptors (Lipinski definition) is 0. The molecule has 4 aliphatic carbocycles. The first-order valence-electron chi connectivity index (χ1n) is 10.1. The minimum atomic E-state index is 0.775. The zero-order valence-corrected chi connectivity index (χ0v) is 15.0. The number of rotatable bonds is 4. The normalized spacial score (nSPS) is 35.9. The first-order chi connectivity index (χ1) is 11.2. The predicted molar refractivity (Wildman–Crippen MR) is 99.2 cm³/mol. The molecule has 0 aliphatic heterocycles. The lowest BCUT2D eigenvalue weighted by atomic mass is 9.79. The highest BCUT2D eigenvalue weighted by atomic mass is 14.3. The van der Waals surface area contributed by atoms with E-state index in [1.807, 2.05) is 0 Å². The summed E-state index contributed by atoms with van der Waals surface area (Å²) in [5.74, 6) is 3.18. The molecule has 0 nitrogen and oxygen atoms in total. The maximum Gasteiger partial charge on any atom is -0.00141 e. The van der Waals surface area contributed by atoms with Gasteiger partial charge in [0.15, 0.2) is 0 Å². The molecule has 0 bridgehead atoms. The Bertz CT molecular complexity index is 531. The van der Waals surface area contributed by atoms with Gasteiger partial charge >= 0.3 is 0 Å². The summed E-state index contributed by atoms with van der Waals surface area (Å²) in [6.45, 7) is 4.84. The van der Waals surface area contributed by atoms with Crippen molar-refractivity contribution in [3.63, 3.8) is 0 Å². The lowest BCUT2D eigenvalue weighted by Crippen LogP contribution is -2.11. The Morgan fingerprint density at radius 3 is 1.74 bits per heavy atom. The minimum Gasteiger partial charge on any atom is -0.0770 e. The van der Waals surface area contributed by atoms with Crippen LogP contribution in [-0.2, 0) is 0 Å². The standard InChI is InChI=1S/C23H32/c1-16-6-3-10-22-18(12-14-20(16)22)8-5-9-19-13-15-21-17(2)7-4-11-23(19)21/h12-19H,3-11H2,1-2H3.